The normalized spacial score (nSPS) is 10.8. The fourth-order valence-electron chi connectivity index (χ4n) is 2.06. The Morgan fingerprint density at radius 2 is 2.14 bits per heavy atom. The third-order valence-electron chi connectivity index (χ3n) is 3.15. The van der Waals surface area contributed by atoms with E-state index in [-0.39, 0.29) is 24.7 Å². The van der Waals surface area contributed by atoms with Gasteiger partial charge in [0.05, 0.1) is 18.3 Å². The minimum Gasteiger partial charge on any atom is -0.383 e. The van der Waals surface area contributed by atoms with Crippen LogP contribution in [0.25, 0.3) is 10.9 Å². The van der Waals surface area contributed by atoms with Gasteiger partial charge in [-0.3, -0.25) is 9.59 Å². The summed E-state index contributed by atoms with van der Waals surface area (Å²) in [7, 11) is 1.57. The van der Waals surface area contributed by atoms with Crippen molar-refractivity contribution in [2.24, 2.45) is 0 Å². The fraction of sp³-hybridized carbons (Fsp3) is 0.400. The van der Waals surface area contributed by atoms with E-state index >= 15 is 0 Å². The molecule has 0 spiro atoms. The second-order valence-electron chi connectivity index (χ2n) is 4.86. The lowest BCUT2D eigenvalue weighted by atomic mass is 10.2. The first-order valence-corrected chi connectivity index (χ1v) is 6.85. The van der Waals surface area contributed by atoms with E-state index in [1.807, 2.05) is 25.1 Å². The number of fused-ring (bicyclic) bond motifs is 1. The summed E-state index contributed by atoms with van der Waals surface area (Å²) in [6.45, 7) is 2.90. The highest BCUT2D eigenvalue weighted by molar-refractivity contribution is 5.92. The zero-order valence-corrected chi connectivity index (χ0v) is 12.3. The maximum atomic E-state index is 12.1. The molecule has 1 amide bonds. The van der Waals surface area contributed by atoms with Crippen LogP contribution in [0.15, 0.2) is 24.4 Å². The molecule has 0 saturated carbocycles. The molecule has 0 aliphatic heterocycles. The molecule has 6 nitrogen and oxygen atoms in total. The maximum absolute atomic E-state index is 12.1. The number of rotatable bonds is 6. The lowest BCUT2D eigenvalue weighted by Gasteiger charge is -2.05. The van der Waals surface area contributed by atoms with E-state index in [2.05, 4.69) is 10.4 Å². The van der Waals surface area contributed by atoms with E-state index in [0.717, 1.165) is 16.5 Å². The third-order valence-corrected chi connectivity index (χ3v) is 3.15. The van der Waals surface area contributed by atoms with Crippen LogP contribution >= 0.6 is 0 Å². The lowest BCUT2D eigenvalue weighted by molar-refractivity contribution is -0.121. The summed E-state index contributed by atoms with van der Waals surface area (Å²) in [4.78, 5) is 23.7. The Morgan fingerprint density at radius 3 is 2.90 bits per heavy atom. The molecule has 0 aliphatic carbocycles. The molecular weight excluding hydrogens is 270 g/mol. The Morgan fingerprint density at radius 1 is 1.33 bits per heavy atom. The molecule has 0 unspecified atom stereocenters. The molecule has 2 aromatic rings. The molecule has 6 heteroatoms. The summed E-state index contributed by atoms with van der Waals surface area (Å²) in [6, 6.07) is 5.78. The Balaban J connectivity index is 1.95. The Bertz CT molecular complexity index is 649. The minimum absolute atomic E-state index is 0.128. The number of carbonyl (C=O) groups is 2. The molecule has 0 radical (unpaired) electrons. The Kier molecular flexibility index (Phi) is 5.05. The number of hydrogen-bond donors (Lipinski definition) is 1. The van der Waals surface area contributed by atoms with Gasteiger partial charge in [-0.2, -0.15) is 5.10 Å². The highest BCUT2D eigenvalue weighted by atomic mass is 16.5. The number of aryl methyl sites for hydroxylation is 1. The van der Waals surface area contributed by atoms with Crippen molar-refractivity contribution in [3.63, 3.8) is 0 Å². The topological polar surface area (TPSA) is 73.2 Å². The van der Waals surface area contributed by atoms with E-state index in [9.17, 15) is 9.59 Å². The smallest absolute Gasteiger partial charge is 0.247 e. The molecule has 2 rings (SSSR count). The molecule has 0 atom stereocenters. The molecule has 0 saturated heterocycles. The Hall–Kier alpha value is -2.21. The second-order valence-corrected chi connectivity index (χ2v) is 4.86. The summed E-state index contributed by atoms with van der Waals surface area (Å²) < 4.78 is 6.20. The van der Waals surface area contributed by atoms with E-state index < -0.39 is 0 Å². The molecule has 1 aromatic carbocycles. The van der Waals surface area contributed by atoms with Crippen LogP contribution in [0, 0.1) is 6.92 Å². The van der Waals surface area contributed by atoms with Crippen LogP contribution in [0.4, 0.5) is 0 Å². The first-order chi connectivity index (χ1) is 10.1. The van der Waals surface area contributed by atoms with Crippen LogP contribution in [0.3, 0.4) is 0 Å². The second kappa shape index (κ2) is 6.99. The van der Waals surface area contributed by atoms with Crippen LogP contribution in [-0.4, -0.2) is 41.9 Å². The number of aromatic nitrogens is 2. The van der Waals surface area contributed by atoms with Crippen molar-refractivity contribution in [1.82, 2.24) is 15.1 Å². The molecule has 1 N–H and O–H groups in total. The third kappa shape index (κ3) is 3.88. The number of methoxy groups -OCH3 is 1. The van der Waals surface area contributed by atoms with Crippen molar-refractivity contribution in [3.8, 4) is 0 Å². The zero-order valence-electron chi connectivity index (χ0n) is 12.3. The number of nitrogens with one attached hydrogen (secondary N) is 1. The minimum atomic E-state index is -0.184. The summed E-state index contributed by atoms with van der Waals surface area (Å²) >= 11 is 0. The average molecular weight is 289 g/mol. The first-order valence-electron chi connectivity index (χ1n) is 6.85. The van der Waals surface area contributed by atoms with Crippen molar-refractivity contribution < 1.29 is 14.3 Å². The van der Waals surface area contributed by atoms with Crippen molar-refractivity contribution in [1.29, 1.82) is 0 Å². The summed E-state index contributed by atoms with van der Waals surface area (Å²) in [5, 5.41) is 7.71. The predicted octanol–water partition coefficient (Wildman–Crippen LogP) is 1.53. The van der Waals surface area contributed by atoms with Gasteiger partial charge in [-0.1, -0.05) is 11.6 Å². The Labute approximate surface area is 123 Å². The zero-order chi connectivity index (χ0) is 15.2. The first kappa shape index (κ1) is 15.2. The van der Waals surface area contributed by atoms with Gasteiger partial charge in [-0.05, 0) is 19.1 Å². The van der Waals surface area contributed by atoms with Crippen LogP contribution in [0.2, 0.25) is 0 Å². The molecular formula is C15H19N3O3. The van der Waals surface area contributed by atoms with Gasteiger partial charge >= 0.3 is 0 Å². The van der Waals surface area contributed by atoms with Gasteiger partial charge in [0.1, 0.15) is 0 Å². The largest absolute Gasteiger partial charge is 0.383 e. The van der Waals surface area contributed by atoms with Crippen molar-refractivity contribution in [3.05, 3.63) is 30.0 Å². The van der Waals surface area contributed by atoms with E-state index in [0.29, 0.717) is 13.2 Å². The molecule has 1 heterocycles. The lowest BCUT2D eigenvalue weighted by Crippen LogP contribution is -2.27. The molecule has 112 valence electrons. The van der Waals surface area contributed by atoms with E-state index in [4.69, 9.17) is 4.74 Å². The highest BCUT2D eigenvalue weighted by Gasteiger charge is 2.12. The van der Waals surface area contributed by atoms with Crippen molar-refractivity contribution >= 4 is 22.7 Å². The van der Waals surface area contributed by atoms with Crippen molar-refractivity contribution in [2.45, 2.75) is 19.8 Å². The van der Waals surface area contributed by atoms with Gasteiger partial charge in [0.25, 0.3) is 0 Å². The van der Waals surface area contributed by atoms with Gasteiger partial charge in [-0.25, -0.2) is 4.68 Å². The number of nitrogens with zero attached hydrogens (tertiary/aromatic N) is 2. The summed E-state index contributed by atoms with van der Waals surface area (Å²) in [5.41, 5.74) is 1.89. The van der Waals surface area contributed by atoms with Gasteiger partial charge in [0.15, 0.2) is 0 Å². The summed E-state index contributed by atoms with van der Waals surface area (Å²) in [5.74, 6) is -0.344. The quantitative estimate of drug-likeness (QED) is 0.818. The molecule has 0 bridgehead atoms. The van der Waals surface area contributed by atoms with Gasteiger partial charge in [-0.15, -0.1) is 0 Å². The SMILES string of the molecule is COCCNC(=O)CCC(=O)n1ncc2cc(C)ccc21. The molecule has 0 fully saturated rings. The number of hydrogen-bond acceptors (Lipinski definition) is 4. The molecule has 1 aromatic heterocycles. The van der Waals surface area contributed by atoms with Crippen molar-refractivity contribution in [2.75, 3.05) is 20.3 Å². The average Bonchev–Trinajstić information content (AvgIpc) is 2.88. The number of benzene rings is 1. The monoisotopic (exact) mass is 289 g/mol. The molecule has 0 aliphatic rings. The van der Waals surface area contributed by atoms with Crippen LogP contribution in [0.1, 0.15) is 23.2 Å². The molecule has 21 heavy (non-hydrogen) atoms. The summed E-state index contributed by atoms with van der Waals surface area (Å²) in [6.07, 6.45) is 1.94. The predicted molar refractivity (Wildman–Crippen MR) is 79.2 cm³/mol. The maximum Gasteiger partial charge on any atom is 0.247 e. The van der Waals surface area contributed by atoms with Gasteiger partial charge in [0.2, 0.25) is 11.8 Å². The highest BCUT2D eigenvalue weighted by Crippen LogP contribution is 2.15. The van der Waals surface area contributed by atoms with Crippen LogP contribution in [-0.2, 0) is 9.53 Å². The van der Waals surface area contributed by atoms with Gasteiger partial charge in [0, 0.05) is 31.9 Å². The number of ether oxygens (including phenoxy) is 1. The number of amides is 1. The van der Waals surface area contributed by atoms with Gasteiger partial charge < -0.3 is 10.1 Å². The fourth-order valence-corrected chi connectivity index (χ4v) is 2.06. The van der Waals surface area contributed by atoms with E-state index in [1.54, 1.807) is 13.3 Å². The van der Waals surface area contributed by atoms with Crippen LogP contribution < -0.4 is 5.32 Å². The number of carbonyl (C=O) groups excluding carboxylic acids is 2. The van der Waals surface area contributed by atoms with Crippen LogP contribution in [0.5, 0.6) is 0 Å². The van der Waals surface area contributed by atoms with E-state index in [1.165, 1.54) is 4.68 Å². The standard InChI is InChI=1S/C15H19N3O3/c1-11-3-4-13-12(9-11)10-17-18(13)15(20)6-5-14(19)16-7-8-21-2/h3-4,9-10H,5-8H2,1-2H3,(H,16,19).